The van der Waals surface area contributed by atoms with Gasteiger partial charge in [-0.25, -0.2) is 0 Å². The molecule has 2 unspecified atom stereocenters. The van der Waals surface area contributed by atoms with E-state index in [-0.39, 0.29) is 12.4 Å². The van der Waals surface area contributed by atoms with Gasteiger partial charge in [0.05, 0.1) is 0 Å². The van der Waals surface area contributed by atoms with Crippen molar-refractivity contribution in [2.24, 2.45) is 0 Å². The Kier molecular flexibility index (Phi) is 8.43. The molecule has 15 heavy (non-hydrogen) atoms. The van der Waals surface area contributed by atoms with Gasteiger partial charge in [-0.15, -0.1) is 12.4 Å². The monoisotopic (exact) mass is 235 g/mol. The van der Waals surface area contributed by atoms with Crippen molar-refractivity contribution in [1.82, 2.24) is 15.5 Å². The van der Waals surface area contributed by atoms with Crippen molar-refractivity contribution < 1.29 is 0 Å². The molecule has 0 aromatic rings. The number of piperazine rings is 1. The number of rotatable bonds is 0. The van der Waals surface area contributed by atoms with Crippen molar-refractivity contribution in [2.75, 3.05) is 34.2 Å². The fourth-order valence-electron chi connectivity index (χ4n) is 2.13. The van der Waals surface area contributed by atoms with Crippen LogP contribution in [0, 0.1) is 0 Å². The van der Waals surface area contributed by atoms with Gasteiger partial charge in [-0.1, -0.05) is 12.8 Å². The largest absolute Gasteiger partial charge is 0.312 e. The predicted octanol–water partition coefficient (Wildman–Crippen LogP) is 1.09. The molecule has 3 nitrogen and oxygen atoms in total. The standard InChI is InChI=1S/C8H16N2.C3H9N.ClH/c1-2-4-8-7(3-1)9-5-6-10-8;1-4(2)3;/h7-10H,1-6H2;1-3H3;1H. The van der Waals surface area contributed by atoms with Crippen molar-refractivity contribution in [3.05, 3.63) is 0 Å². The Bertz CT molecular complexity index is 124. The summed E-state index contributed by atoms with van der Waals surface area (Å²) in [5.74, 6) is 0. The molecule has 4 heteroatoms. The predicted molar refractivity (Wildman–Crippen MR) is 68.9 cm³/mol. The number of nitrogens with zero attached hydrogens (tertiary/aromatic N) is 1. The summed E-state index contributed by atoms with van der Waals surface area (Å²) >= 11 is 0. The third-order valence-corrected chi connectivity index (χ3v) is 2.70. The minimum absolute atomic E-state index is 0. The van der Waals surface area contributed by atoms with Crippen LogP contribution in [-0.2, 0) is 0 Å². The van der Waals surface area contributed by atoms with Gasteiger partial charge in [-0.2, -0.15) is 0 Å². The Morgan fingerprint density at radius 2 is 1.20 bits per heavy atom. The van der Waals surface area contributed by atoms with Crippen molar-refractivity contribution in [3.63, 3.8) is 0 Å². The second-order valence-electron chi connectivity index (χ2n) is 4.75. The molecule has 1 saturated heterocycles. The van der Waals surface area contributed by atoms with Gasteiger partial charge in [0.1, 0.15) is 0 Å². The summed E-state index contributed by atoms with van der Waals surface area (Å²) in [5, 5.41) is 7.12. The maximum absolute atomic E-state index is 3.56. The Balaban J connectivity index is 0.000000346. The zero-order valence-electron chi connectivity index (χ0n) is 10.3. The van der Waals surface area contributed by atoms with E-state index in [0.717, 1.165) is 12.1 Å². The fraction of sp³-hybridized carbons (Fsp3) is 1.00. The first-order valence-electron chi connectivity index (χ1n) is 5.78. The van der Waals surface area contributed by atoms with Gasteiger partial charge in [0.15, 0.2) is 0 Å². The first kappa shape index (κ1) is 15.2. The van der Waals surface area contributed by atoms with Gasteiger partial charge in [0.25, 0.3) is 0 Å². The highest BCUT2D eigenvalue weighted by Gasteiger charge is 2.26. The van der Waals surface area contributed by atoms with Crippen LogP contribution >= 0.6 is 12.4 Å². The van der Waals surface area contributed by atoms with Crippen LogP contribution in [0.4, 0.5) is 0 Å². The van der Waals surface area contributed by atoms with E-state index in [2.05, 4.69) is 10.6 Å². The molecular weight excluding hydrogens is 210 g/mol. The first-order chi connectivity index (χ1) is 6.70. The highest BCUT2D eigenvalue weighted by Crippen LogP contribution is 2.19. The van der Waals surface area contributed by atoms with E-state index < -0.39 is 0 Å². The lowest BCUT2D eigenvalue weighted by atomic mass is 9.89. The Hall–Kier alpha value is 0.170. The smallest absolute Gasteiger partial charge is 0.0221 e. The maximum Gasteiger partial charge on any atom is 0.0221 e. The second kappa shape index (κ2) is 8.34. The molecule has 2 fully saturated rings. The van der Waals surface area contributed by atoms with E-state index in [0.29, 0.717) is 0 Å². The SMILES string of the molecule is C1CCC2NCCNC2C1.CN(C)C.Cl. The molecule has 2 aliphatic rings. The van der Waals surface area contributed by atoms with Crippen LogP contribution in [0.15, 0.2) is 0 Å². The Morgan fingerprint density at radius 3 is 1.53 bits per heavy atom. The normalized spacial score (nSPS) is 29.6. The molecule has 1 aliphatic carbocycles. The maximum atomic E-state index is 3.56. The van der Waals surface area contributed by atoms with Gasteiger partial charge < -0.3 is 15.5 Å². The fourth-order valence-corrected chi connectivity index (χ4v) is 2.13. The van der Waals surface area contributed by atoms with Gasteiger partial charge in [-0.3, -0.25) is 0 Å². The van der Waals surface area contributed by atoms with E-state index in [1.165, 1.54) is 38.8 Å². The Labute approximate surface area is 100 Å². The molecule has 0 bridgehead atoms. The molecule has 0 radical (unpaired) electrons. The van der Waals surface area contributed by atoms with Crippen LogP contribution in [0.5, 0.6) is 0 Å². The quantitative estimate of drug-likeness (QED) is 0.659. The molecule has 0 aromatic carbocycles. The topological polar surface area (TPSA) is 27.3 Å². The zero-order valence-corrected chi connectivity index (χ0v) is 11.1. The van der Waals surface area contributed by atoms with Crippen LogP contribution in [0.1, 0.15) is 25.7 Å². The van der Waals surface area contributed by atoms with Gasteiger partial charge >= 0.3 is 0 Å². The highest BCUT2D eigenvalue weighted by molar-refractivity contribution is 5.85. The number of fused-ring (bicyclic) bond motifs is 1. The lowest BCUT2D eigenvalue weighted by molar-refractivity contribution is 0.251. The Morgan fingerprint density at radius 1 is 0.867 bits per heavy atom. The molecule has 1 heterocycles. The minimum Gasteiger partial charge on any atom is -0.312 e. The summed E-state index contributed by atoms with van der Waals surface area (Å²) in [6.45, 7) is 2.34. The average molecular weight is 236 g/mol. The van der Waals surface area contributed by atoms with Crippen molar-refractivity contribution in [3.8, 4) is 0 Å². The minimum atomic E-state index is 0. The van der Waals surface area contributed by atoms with Crippen molar-refractivity contribution >= 4 is 12.4 Å². The third-order valence-electron chi connectivity index (χ3n) is 2.70. The summed E-state index contributed by atoms with van der Waals surface area (Å²) < 4.78 is 0. The number of hydrogen-bond acceptors (Lipinski definition) is 3. The lowest BCUT2D eigenvalue weighted by Gasteiger charge is -2.37. The van der Waals surface area contributed by atoms with E-state index in [1.54, 1.807) is 0 Å². The molecular formula is C11H26ClN3. The van der Waals surface area contributed by atoms with Crippen LogP contribution in [-0.4, -0.2) is 51.2 Å². The van der Waals surface area contributed by atoms with Crippen LogP contribution in [0.3, 0.4) is 0 Å². The molecule has 2 atom stereocenters. The lowest BCUT2D eigenvalue weighted by Crippen LogP contribution is -2.56. The highest BCUT2D eigenvalue weighted by atomic mass is 35.5. The van der Waals surface area contributed by atoms with E-state index >= 15 is 0 Å². The van der Waals surface area contributed by atoms with Gasteiger partial charge in [0, 0.05) is 25.2 Å². The summed E-state index contributed by atoms with van der Waals surface area (Å²) in [6, 6.07) is 1.59. The molecule has 1 saturated carbocycles. The van der Waals surface area contributed by atoms with Crippen molar-refractivity contribution in [2.45, 2.75) is 37.8 Å². The average Bonchev–Trinajstić information content (AvgIpc) is 2.17. The third kappa shape index (κ3) is 6.36. The molecule has 1 aliphatic heterocycles. The summed E-state index contributed by atoms with van der Waals surface area (Å²) in [7, 11) is 6.00. The van der Waals surface area contributed by atoms with E-state index in [1.807, 2.05) is 26.0 Å². The number of hydrogen-bond donors (Lipinski definition) is 2. The van der Waals surface area contributed by atoms with Gasteiger partial charge in [-0.05, 0) is 34.0 Å². The zero-order chi connectivity index (χ0) is 10.4. The molecule has 92 valence electrons. The number of nitrogens with one attached hydrogen (secondary N) is 2. The summed E-state index contributed by atoms with van der Waals surface area (Å²) in [4.78, 5) is 2.00. The first-order valence-corrected chi connectivity index (χ1v) is 5.78. The second-order valence-corrected chi connectivity index (χ2v) is 4.75. The molecule has 2 rings (SSSR count). The summed E-state index contributed by atoms with van der Waals surface area (Å²) in [6.07, 6.45) is 5.63. The molecule has 0 amide bonds. The van der Waals surface area contributed by atoms with Crippen LogP contribution < -0.4 is 10.6 Å². The summed E-state index contributed by atoms with van der Waals surface area (Å²) in [5.41, 5.74) is 0. The van der Waals surface area contributed by atoms with Crippen molar-refractivity contribution in [1.29, 1.82) is 0 Å². The number of halogens is 1. The molecule has 0 spiro atoms. The van der Waals surface area contributed by atoms with Crippen LogP contribution in [0.25, 0.3) is 0 Å². The van der Waals surface area contributed by atoms with Gasteiger partial charge in [0.2, 0.25) is 0 Å². The van der Waals surface area contributed by atoms with E-state index in [9.17, 15) is 0 Å². The molecule has 2 N–H and O–H groups in total. The molecule has 0 aromatic heterocycles. The van der Waals surface area contributed by atoms with E-state index in [4.69, 9.17) is 0 Å². The van der Waals surface area contributed by atoms with Crippen LogP contribution in [0.2, 0.25) is 0 Å².